The highest BCUT2D eigenvalue weighted by Gasteiger charge is 1.99. The highest BCUT2D eigenvalue weighted by molar-refractivity contribution is 4.49. The zero-order chi connectivity index (χ0) is 5.70. The Kier molecular flexibility index (Phi) is 3.93. The molecule has 0 aliphatic heterocycles. The van der Waals surface area contributed by atoms with E-state index in [1.165, 1.54) is 0 Å². The number of aliphatic hydroxyl groups is 2. The van der Waals surface area contributed by atoms with Crippen molar-refractivity contribution in [2.75, 3.05) is 13.2 Å². The molecule has 0 aromatic heterocycles. The number of aliphatic hydroxyl groups excluding tert-OH is 2. The molecule has 0 aliphatic rings. The van der Waals surface area contributed by atoms with Crippen molar-refractivity contribution in [1.29, 1.82) is 0 Å². The predicted octanol–water partition coefficient (Wildman–Crippen LogP) is -0.301. The Hall–Kier alpha value is -0.150. The maximum Gasteiger partial charge on any atom is 0.125 e. The van der Waals surface area contributed by atoms with Gasteiger partial charge in [0.05, 0.1) is 6.61 Å². The van der Waals surface area contributed by atoms with Gasteiger partial charge < -0.3 is 10.2 Å². The van der Waals surface area contributed by atoms with Crippen LogP contribution in [0.15, 0.2) is 0 Å². The van der Waals surface area contributed by atoms with Crippen molar-refractivity contribution in [3.8, 4) is 0 Å². The molecule has 0 radical (unpaired) electrons. The lowest BCUT2D eigenvalue weighted by Gasteiger charge is -1.97. The average Bonchev–Trinajstić information content (AvgIpc) is 1.68. The Balaban J connectivity index is 2.83. The van der Waals surface area contributed by atoms with Crippen LogP contribution in [-0.2, 0) is 0 Å². The van der Waals surface area contributed by atoms with E-state index in [0.717, 1.165) is 0 Å². The number of hydrogen-bond acceptors (Lipinski definition) is 2. The van der Waals surface area contributed by atoms with Crippen LogP contribution in [0.3, 0.4) is 0 Å². The molecule has 2 N–H and O–H groups in total. The topological polar surface area (TPSA) is 40.5 Å². The molecule has 0 saturated carbocycles. The van der Waals surface area contributed by atoms with Gasteiger partial charge in [-0.25, -0.2) is 4.39 Å². The summed E-state index contributed by atoms with van der Waals surface area (Å²) in [5, 5.41) is 16.0. The molecular weight excluding hydrogens is 99.0 g/mol. The standard InChI is InChI=1S/C4H9FO2/c5-4(3-7)1-2-6/h4,6-7H,1-3H2/t4-/m0/s1. The molecule has 0 aliphatic carbocycles. The van der Waals surface area contributed by atoms with Crippen molar-refractivity contribution < 1.29 is 14.6 Å². The van der Waals surface area contributed by atoms with Gasteiger partial charge in [0, 0.05) is 13.0 Å². The normalized spacial score (nSPS) is 14.1. The monoisotopic (exact) mass is 108 g/mol. The Morgan fingerprint density at radius 2 is 2.00 bits per heavy atom. The molecule has 0 unspecified atom stereocenters. The molecule has 0 aromatic rings. The Morgan fingerprint density at radius 1 is 1.43 bits per heavy atom. The zero-order valence-electron chi connectivity index (χ0n) is 3.97. The lowest BCUT2D eigenvalue weighted by molar-refractivity contribution is 0.144. The molecule has 0 fully saturated rings. The first-order chi connectivity index (χ1) is 3.31. The molecule has 0 bridgehead atoms. The fraction of sp³-hybridized carbons (Fsp3) is 1.00. The predicted molar refractivity (Wildman–Crippen MR) is 23.7 cm³/mol. The summed E-state index contributed by atoms with van der Waals surface area (Å²) >= 11 is 0. The van der Waals surface area contributed by atoms with Crippen LogP contribution in [0.1, 0.15) is 6.42 Å². The second-order valence-corrected chi connectivity index (χ2v) is 1.29. The van der Waals surface area contributed by atoms with E-state index in [4.69, 9.17) is 10.2 Å². The van der Waals surface area contributed by atoms with Gasteiger partial charge in [-0.1, -0.05) is 0 Å². The summed E-state index contributed by atoms with van der Waals surface area (Å²) in [5.41, 5.74) is 0. The van der Waals surface area contributed by atoms with E-state index in [1.807, 2.05) is 0 Å². The number of rotatable bonds is 3. The first-order valence-corrected chi connectivity index (χ1v) is 2.17. The van der Waals surface area contributed by atoms with Gasteiger partial charge in [0.2, 0.25) is 0 Å². The third kappa shape index (κ3) is 3.69. The van der Waals surface area contributed by atoms with Crippen molar-refractivity contribution in [1.82, 2.24) is 0 Å². The van der Waals surface area contributed by atoms with E-state index in [-0.39, 0.29) is 13.0 Å². The van der Waals surface area contributed by atoms with Crippen molar-refractivity contribution in [2.45, 2.75) is 12.6 Å². The summed E-state index contributed by atoms with van der Waals surface area (Å²) in [5.74, 6) is 0. The van der Waals surface area contributed by atoms with Gasteiger partial charge in [0.1, 0.15) is 6.17 Å². The molecule has 0 heterocycles. The van der Waals surface area contributed by atoms with Crippen LogP contribution >= 0.6 is 0 Å². The fourth-order valence-electron chi connectivity index (χ4n) is 0.231. The Bertz CT molecular complexity index is 40.7. The smallest absolute Gasteiger partial charge is 0.125 e. The van der Waals surface area contributed by atoms with E-state index in [0.29, 0.717) is 0 Å². The molecule has 1 atom stereocenters. The molecular formula is C4H9FO2. The van der Waals surface area contributed by atoms with Crippen molar-refractivity contribution >= 4 is 0 Å². The molecule has 2 nitrogen and oxygen atoms in total. The number of alkyl halides is 1. The van der Waals surface area contributed by atoms with Crippen LogP contribution in [-0.4, -0.2) is 29.6 Å². The van der Waals surface area contributed by atoms with Gasteiger partial charge >= 0.3 is 0 Å². The third-order valence-corrected chi connectivity index (χ3v) is 0.640. The van der Waals surface area contributed by atoms with Crippen LogP contribution in [0.25, 0.3) is 0 Å². The summed E-state index contributed by atoms with van der Waals surface area (Å²) in [6.07, 6.45) is -1.21. The molecule has 0 spiro atoms. The average molecular weight is 108 g/mol. The molecule has 0 saturated heterocycles. The first kappa shape index (κ1) is 6.85. The Morgan fingerprint density at radius 3 is 2.14 bits per heavy atom. The summed E-state index contributed by atoms with van der Waals surface area (Å²) in [6, 6.07) is 0. The van der Waals surface area contributed by atoms with E-state index < -0.39 is 12.8 Å². The maximum absolute atomic E-state index is 11.7. The highest BCUT2D eigenvalue weighted by atomic mass is 19.1. The minimum Gasteiger partial charge on any atom is -0.396 e. The van der Waals surface area contributed by atoms with Gasteiger partial charge in [-0.2, -0.15) is 0 Å². The molecule has 0 rings (SSSR count). The van der Waals surface area contributed by atoms with Gasteiger partial charge in [-0.15, -0.1) is 0 Å². The largest absolute Gasteiger partial charge is 0.396 e. The molecule has 3 heteroatoms. The minimum absolute atomic E-state index is 0.0382. The summed E-state index contributed by atoms with van der Waals surface area (Å²) in [7, 11) is 0. The maximum atomic E-state index is 11.7. The Labute approximate surface area is 41.6 Å². The highest BCUT2D eigenvalue weighted by Crippen LogP contribution is 1.92. The molecule has 0 amide bonds. The summed E-state index contributed by atoms with van der Waals surface area (Å²) in [4.78, 5) is 0. The van der Waals surface area contributed by atoms with Crippen LogP contribution in [0.2, 0.25) is 0 Å². The van der Waals surface area contributed by atoms with E-state index >= 15 is 0 Å². The summed E-state index contributed by atoms with van der Waals surface area (Å²) < 4.78 is 11.7. The van der Waals surface area contributed by atoms with Crippen LogP contribution in [0.5, 0.6) is 0 Å². The van der Waals surface area contributed by atoms with Crippen molar-refractivity contribution in [3.05, 3.63) is 0 Å². The van der Waals surface area contributed by atoms with E-state index in [9.17, 15) is 4.39 Å². The minimum atomic E-state index is -1.25. The lowest BCUT2D eigenvalue weighted by Crippen LogP contribution is -2.07. The van der Waals surface area contributed by atoms with Gasteiger partial charge in [-0.3, -0.25) is 0 Å². The lowest BCUT2D eigenvalue weighted by atomic mass is 10.3. The van der Waals surface area contributed by atoms with Crippen molar-refractivity contribution in [3.63, 3.8) is 0 Å². The van der Waals surface area contributed by atoms with E-state index in [1.54, 1.807) is 0 Å². The SMILES string of the molecule is OCC[C@H](F)CO. The van der Waals surface area contributed by atoms with Crippen LogP contribution in [0, 0.1) is 0 Å². The van der Waals surface area contributed by atoms with Crippen LogP contribution < -0.4 is 0 Å². The number of halogens is 1. The van der Waals surface area contributed by atoms with E-state index in [2.05, 4.69) is 0 Å². The molecule has 7 heavy (non-hydrogen) atoms. The zero-order valence-corrected chi connectivity index (χ0v) is 3.97. The quantitative estimate of drug-likeness (QED) is 0.521. The molecule has 0 aromatic carbocycles. The number of hydrogen-bond donors (Lipinski definition) is 2. The van der Waals surface area contributed by atoms with Gasteiger partial charge in [0.15, 0.2) is 0 Å². The first-order valence-electron chi connectivity index (χ1n) is 2.17. The van der Waals surface area contributed by atoms with Crippen molar-refractivity contribution in [2.24, 2.45) is 0 Å². The third-order valence-electron chi connectivity index (χ3n) is 0.640. The second kappa shape index (κ2) is 4.02. The van der Waals surface area contributed by atoms with Gasteiger partial charge in [0.25, 0.3) is 0 Å². The van der Waals surface area contributed by atoms with Crippen LogP contribution in [0.4, 0.5) is 4.39 Å². The fourth-order valence-corrected chi connectivity index (χ4v) is 0.231. The van der Waals surface area contributed by atoms with Gasteiger partial charge in [-0.05, 0) is 0 Å². The summed E-state index contributed by atoms with van der Waals surface area (Å²) in [6.45, 7) is -0.678. The second-order valence-electron chi connectivity index (χ2n) is 1.29. The molecule has 44 valence electrons.